The normalized spacial score (nSPS) is 12.5. The first kappa shape index (κ1) is 14.4. The minimum absolute atomic E-state index is 0.0850. The minimum Gasteiger partial charge on any atom is -0.207 e. The van der Waals surface area contributed by atoms with Gasteiger partial charge in [-0.2, -0.15) is 0 Å². The molecule has 0 spiro atoms. The third-order valence-corrected chi connectivity index (χ3v) is 4.15. The van der Waals surface area contributed by atoms with E-state index in [4.69, 9.17) is 11.6 Å². The van der Waals surface area contributed by atoms with Crippen molar-refractivity contribution < 1.29 is 13.2 Å². The molecule has 0 aliphatic carbocycles. The summed E-state index contributed by atoms with van der Waals surface area (Å²) in [4.78, 5) is -0.509. The molecule has 0 amide bonds. The number of hydrogen-bond acceptors (Lipinski definition) is 0. The van der Waals surface area contributed by atoms with Crippen LogP contribution >= 0.6 is 27.5 Å². The lowest BCUT2D eigenvalue weighted by Gasteiger charge is -2.13. The standard InChI is InChI=1S/C14H9BrClF3/c1-7-2-3-8(4-11(7)17)14(15)9-5-12(18)13(19)6-10(9)16/h2-6,14H,1H3. The Balaban J connectivity index is 2.46. The first-order valence-electron chi connectivity index (χ1n) is 5.44. The predicted octanol–water partition coefficient (Wildman–Crippen LogP) is 5.55. The average Bonchev–Trinajstić information content (AvgIpc) is 2.36. The molecule has 0 aliphatic heterocycles. The molecule has 0 bridgehead atoms. The summed E-state index contributed by atoms with van der Waals surface area (Å²) in [7, 11) is 0. The summed E-state index contributed by atoms with van der Waals surface area (Å²) < 4.78 is 39.8. The summed E-state index contributed by atoms with van der Waals surface area (Å²) in [5.74, 6) is -2.36. The Bertz CT molecular complexity index is 628. The fraction of sp³-hybridized carbons (Fsp3) is 0.143. The third-order valence-electron chi connectivity index (χ3n) is 2.80. The Morgan fingerprint density at radius 3 is 2.26 bits per heavy atom. The lowest BCUT2D eigenvalue weighted by atomic mass is 10.0. The maximum atomic E-state index is 13.5. The van der Waals surface area contributed by atoms with Crippen LogP contribution in [0.5, 0.6) is 0 Å². The van der Waals surface area contributed by atoms with Crippen molar-refractivity contribution in [2.24, 2.45) is 0 Å². The third kappa shape index (κ3) is 2.95. The van der Waals surface area contributed by atoms with Gasteiger partial charge in [-0.15, -0.1) is 0 Å². The smallest absolute Gasteiger partial charge is 0.160 e. The Kier molecular flexibility index (Phi) is 4.21. The zero-order valence-electron chi connectivity index (χ0n) is 9.85. The molecule has 0 saturated heterocycles. The molecule has 0 saturated carbocycles. The molecular weight excluding hydrogens is 341 g/mol. The van der Waals surface area contributed by atoms with Gasteiger partial charge < -0.3 is 0 Å². The Morgan fingerprint density at radius 2 is 1.63 bits per heavy atom. The van der Waals surface area contributed by atoms with E-state index in [9.17, 15) is 13.2 Å². The lowest BCUT2D eigenvalue weighted by molar-refractivity contribution is 0.507. The van der Waals surface area contributed by atoms with E-state index >= 15 is 0 Å². The van der Waals surface area contributed by atoms with Crippen LogP contribution in [0.4, 0.5) is 13.2 Å². The first-order valence-corrected chi connectivity index (χ1v) is 6.74. The molecule has 0 radical (unpaired) electrons. The molecule has 2 rings (SSSR count). The molecule has 1 unspecified atom stereocenters. The zero-order valence-corrected chi connectivity index (χ0v) is 12.2. The second-order valence-electron chi connectivity index (χ2n) is 4.16. The quantitative estimate of drug-likeness (QED) is 0.492. The van der Waals surface area contributed by atoms with Crippen molar-refractivity contribution in [2.75, 3.05) is 0 Å². The SMILES string of the molecule is Cc1ccc(C(Br)c2cc(F)c(F)cc2Cl)cc1F. The van der Waals surface area contributed by atoms with Crippen LogP contribution in [0.3, 0.4) is 0 Å². The van der Waals surface area contributed by atoms with Crippen molar-refractivity contribution in [1.29, 1.82) is 0 Å². The van der Waals surface area contributed by atoms with E-state index in [0.29, 0.717) is 16.7 Å². The van der Waals surface area contributed by atoms with Gasteiger partial charge in [0.15, 0.2) is 11.6 Å². The van der Waals surface area contributed by atoms with E-state index in [1.54, 1.807) is 19.1 Å². The van der Waals surface area contributed by atoms with Crippen LogP contribution in [-0.2, 0) is 0 Å². The highest BCUT2D eigenvalue weighted by atomic mass is 79.9. The number of halogens is 5. The number of hydrogen-bond donors (Lipinski definition) is 0. The highest BCUT2D eigenvalue weighted by Crippen LogP contribution is 2.36. The van der Waals surface area contributed by atoms with Gasteiger partial charge in [-0.3, -0.25) is 0 Å². The van der Waals surface area contributed by atoms with E-state index in [2.05, 4.69) is 15.9 Å². The lowest BCUT2D eigenvalue weighted by Crippen LogP contribution is -1.98. The molecule has 1 atom stereocenters. The van der Waals surface area contributed by atoms with Crippen LogP contribution in [-0.4, -0.2) is 0 Å². The van der Waals surface area contributed by atoms with Crippen molar-refractivity contribution in [2.45, 2.75) is 11.8 Å². The topological polar surface area (TPSA) is 0 Å². The fourth-order valence-electron chi connectivity index (χ4n) is 1.68. The van der Waals surface area contributed by atoms with Gasteiger partial charge in [-0.25, -0.2) is 13.2 Å². The van der Waals surface area contributed by atoms with E-state index in [-0.39, 0.29) is 10.8 Å². The summed E-state index contributed by atoms with van der Waals surface area (Å²) in [6, 6.07) is 6.58. The van der Waals surface area contributed by atoms with Crippen LogP contribution in [0.15, 0.2) is 30.3 Å². The van der Waals surface area contributed by atoms with Gasteiger partial charge in [-0.1, -0.05) is 39.7 Å². The van der Waals surface area contributed by atoms with Crippen LogP contribution in [0, 0.1) is 24.4 Å². The van der Waals surface area contributed by atoms with Crippen LogP contribution in [0.1, 0.15) is 21.5 Å². The van der Waals surface area contributed by atoms with Gasteiger partial charge in [0, 0.05) is 5.02 Å². The largest absolute Gasteiger partial charge is 0.207 e. The van der Waals surface area contributed by atoms with Gasteiger partial charge in [0.2, 0.25) is 0 Å². The van der Waals surface area contributed by atoms with Crippen molar-refractivity contribution in [1.82, 2.24) is 0 Å². The molecule has 0 heterocycles. The summed E-state index contributed by atoms with van der Waals surface area (Å²) in [6.07, 6.45) is 0. The molecule has 0 aliphatic rings. The first-order chi connectivity index (χ1) is 8.90. The van der Waals surface area contributed by atoms with Gasteiger partial charge in [0.05, 0.1) is 4.83 Å². The summed E-state index contributed by atoms with van der Waals surface area (Å²) in [5, 5.41) is 0.0850. The maximum Gasteiger partial charge on any atom is 0.160 e. The highest BCUT2D eigenvalue weighted by molar-refractivity contribution is 9.09. The second kappa shape index (κ2) is 5.55. The number of benzene rings is 2. The Hall–Kier alpha value is -1.00. The monoisotopic (exact) mass is 348 g/mol. The zero-order chi connectivity index (χ0) is 14.2. The van der Waals surface area contributed by atoms with Crippen molar-refractivity contribution >= 4 is 27.5 Å². The van der Waals surface area contributed by atoms with Crippen molar-refractivity contribution in [3.8, 4) is 0 Å². The average molecular weight is 350 g/mol. The maximum absolute atomic E-state index is 13.5. The molecule has 0 aromatic heterocycles. The summed E-state index contributed by atoms with van der Waals surface area (Å²) in [6.45, 7) is 1.65. The second-order valence-corrected chi connectivity index (χ2v) is 5.48. The van der Waals surface area contributed by atoms with Crippen molar-refractivity contribution in [3.05, 3.63) is 69.5 Å². The molecule has 19 heavy (non-hydrogen) atoms. The fourth-order valence-corrected chi connectivity index (χ4v) is 2.73. The summed E-state index contributed by atoms with van der Waals surface area (Å²) >= 11 is 9.21. The minimum atomic E-state index is -1.01. The summed E-state index contributed by atoms with van der Waals surface area (Å²) in [5.41, 5.74) is 1.44. The molecular formula is C14H9BrClF3. The Labute approximate surface area is 122 Å². The molecule has 100 valence electrons. The van der Waals surface area contributed by atoms with Crippen LogP contribution < -0.4 is 0 Å². The number of alkyl halides is 1. The highest BCUT2D eigenvalue weighted by Gasteiger charge is 2.18. The van der Waals surface area contributed by atoms with E-state index in [0.717, 1.165) is 12.1 Å². The van der Waals surface area contributed by atoms with Gasteiger partial charge in [-0.05, 0) is 41.8 Å². The molecule has 2 aromatic carbocycles. The van der Waals surface area contributed by atoms with Crippen molar-refractivity contribution in [3.63, 3.8) is 0 Å². The van der Waals surface area contributed by atoms with E-state index in [1.807, 2.05) is 0 Å². The van der Waals surface area contributed by atoms with Crippen LogP contribution in [0.25, 0.3) is 0 Å². The van der Waals surface area contributed by atoms with Gasteiger partial charge in [0.1, 0.15) is 5.82 Å². The van der Waals surface area contributed by atoms with Crippen LogP contribution in [0.2, 0.25) is 5.02 Å². The van der Waals surface area contributed by atoms with E-state index in [1.165, 1.54) is 6.07 Å². The van der Waals surface area contributed by atoms with E-state index < -0.39 is 16.5 Å². The predicted molar refractivity (Wildman–Crippen MR) is 73.3 cm³/mol. The van der Waals surface area contributed by atoms with Gasteiger partial charge in [0.25, 0.3) is 0 Å². The molecule has 0 N–H and O–H groups in total. The molecule has 5 heteroatoms. The van der Waals surface area contributed by atoms with Gasteiger partial charge >= 0.3 is 0 Å². The number of rotatable bonds is 2. The molecule has 0 fully saturated rings. The Morgan fingerprint density at radius 1 is 1.00 bits per heavy atom. The number of aryl methyl sites for hydroxylation is 1. The molecule has 2 aromatic rings. The molecule has 0 nitrogen and oxygen atoms in total.